The van der Waals surface area contributed by atoms with Crippen LogP contribution < -0.4 is 16.8 Å². The average molecular weight is 549 g/mol. The molecular weight excluding hydrogens is 500 g/mol. The number of allylic oxidation sites excluding steroid dienone is 10. The number of unbranched alkanes of at least 4 members (excludes halogenated alkanes) is 1. The third-order valence-corrected chi connectivity index (χ3v) is 4.95. The minimum Gasteiger partial charge on any atom is -0.391 e. The Morgan fingerprint density at radius 1 is 0.921 bits per heavy atom. The van der Waals surface area contributed by atoms with Crippen LogP contribution in [0.3, 0.4) is 0 Å². The van der Waals surface area contributed by atoms with Crippen molar-refractivity contribution in [1.82, 2.24) is 10.2 Å². The summed E-state index contributed by atoms with van der Waals surface area (Å²) < 4.78 is 5.03. The van der Waals surface area contributed by atoms with E-state index >= 15 is 0 Å². The molecule has 0 saturated heterocycles. The summed E-state index contributed by atoms with van der Waals surface area (Å²) in [6.45, 7) is 4.12. The van der Waals surface area contributed by atoms with E-state index in [-0.39, 0.29) is 23.8 Å². The Balaban J connectivity index is 0. The molecule has 1 amide bonds. The SMILES string of the molecule is CC/C=C\C/C=C\C/C=C\C/C=C\C/C=C\CCCC(=O)OSCCNC(C)=O.CN(C)C(=N)N=C(N)N. The van der Waals surface area contributed by atoms with Gasteiger partial charge in [-0.25, -0.2) is 0 Å². The van der Waals surface area contributed by atoms with Crippen molar-refractivity contribution in [2.75, 3.05) is 26.4 Å². The minimum atomic E-state index is -0.204. The highest BCUT2D eigenvalue weighted by Gasteiger charge is 2.02. The summed E-state index contributed by atoms with van der Waals surface area (Å²) in [6, 6.07) is 0. The second-order valence-corrected chi connectivity index (χ2v) is 8.93. The van der Waals surface area contributed by atoms with Gasteiger partial charge in [0.05, 0.1) is 12.0 Å². The summed E-state index contributed by atoms with van der Waals surface area (Å²) in [5.74, 6) is 0.253. The third kappa shape index (κ3) is 32.7. The van der Waals surface area contributed by atoms with Gasteiger partial charge in [-0.05, 0) is 44.9 Å². The Morgan fingerprint density at radius 3 is 1.84 bits per heavy atom. The molecule has 0 aliphatic heterocycles. The Labute approximate surface area is 233 Å². The first-order valence-corrected chi connectivity index (χ1v) is 13.8. The number of hydrogen-bond donors (Lipinski definition) is 4. The summed E-state index contributed by atoms with van der Waals surface area (Å²) in [4.78, 5) is 27.2. The molecule has 0 radical (unpaired) electrons. The predicted octanol–water partition coefficient (Wildman–Crippen LogP) is 4.99. The Bertz CT molecular complexity index is 813. The topological polar surface area (TPSA) is 147 Å². The van der Waals surface area contributed by atoms with Gasteiger partial charge in [0.2, 0.25) is 11.9 Å². The van der Waals surface area contributed by atoms with E-state index in [1.54, 1.807) is 14.1 Å². The smallest absolute Gasteiger partial charge is 0.317 e. The number of rotatable bonds is 17. The fourth-order valence-corrected chi connectivity index (χ4v) is 2.86. The van der Waals surface area contributed by atoms with E-state index in [0.29, 0.717) is 18.7 Å². The van der Waals surface area contributed by atoms with Gasteiger partial charge in [0.1, 0.15) is 0 Å². The van der Waals surface area contributed by atoms with Gasteiger partial charge >= 0.3 is 5.97 Å². The highest BCUT2D eigenvalue weighted by atomic mass is 32.2. The first-order valence-electron chi connectivity index (χ1n) is 12.9. The molecule has 0 heterocycles. The van der Waals surface area contributed by atoms with Crippen LogP contribution in [0.1, 0.15) is 65.2 Å². The van der Waals surface area contributed by atoms with E-state index in [1.165, 1.54) is 11.8 Å². The van der Waals surface area contributed by atoms with Crippen molar-refractivity contribution in [3.05, 3.63) is 60.8 Å². The molecule has 0 fully saturated rings. The number of amides is 1. The molecule has 6 N–H and O–H groups in total. The lowest BCUT2D eigenvalue weighted by atomic mass is 10.2. The maximum atomic E-state index is 11.5. The van der Waals surface area contributed by atoms with Crippen molar-refractivity contribution in [1.29, 1.82) is 5.41 Å². The summed E-state index contributed by atoms with van der Waals surface area (Å²) >= 11 is 1.09. The zero-order valence-corrected chi connectivity index (χ0v) is 24.3. The number of guanidine groups is 2. The third-order valence-electron chi connectivity index (χ3n) is 4.28. The van der Waals surface area contributed by atoms with Gasteiger partial charge in [0.25, 0.3) is 0 Å². The van der Waals surface area contributed by atoms with E-state index in [2.05, 4.69) is 78.0 Å². The number of nitrogens with zero attached hydrogens (tertiary/aromatic N) is 2. The second kappa shape index (κ2) is 28.3. The highest BCUT2D eigenvalue weighted by Crippen LogP contribution is 2.07. The van der Waals surface area contributed by atoms with Crippen LogP contribution in [0.4, 0.5) is 0 Å². The van der Waals surface area contributed by atoms with Crippen molar-refractivity contribution < 1.29 is 13.8 Å². The summed E-state index contributed by atoms with van der Waals surface area (Å²) in [6.07, 6.45) is 28.8. The molecule has 0 rings (SSSR count). The van der Waals surface area contributed by atoms with Crippen LogP contribution >= 0.6 is 12.0 Å². The Morgan fingerprint density at radius 2 is 1.42 bits per heavy atom. The molecule has 10 heteroatoms. The first kappa shape index (κ1) is 36.9. The van der Waals surface area contributed by atoms with E-state index in [9.17, 15) is 9.59 Å². The monoisotopic (exact) mass is 548 g/mol. The first-order chi connectivity index (χ1) is 18.2. The van der Waals surface area contributed by atoms with Crippen LogP contribution in [-0.2, 0) is 13.8 Å². The van der Waals surface area contributed by atoms with E-state index < -0.39 is 0 Å². The van der Waals surface area contributed by atoms with E-state index in [1.807, 2.05) is 0 Å². The normalized spacial score (nSPS) is 11.3. The molecule has 0 saturated carbocycles. The van der Waals surface area contributed by atoms with Crippen LogP contribution in [0, 0.1) is 5.41 Å². The molecule has 0 aromatic heterocycles. The number of aliphatic imine (C=N–C) groups is 1. The quantitative estimate of drug-likeness (QED) is 0.0658. The Hall–Kier alpha value is -3.27. The molecule has 0 bridgehead atoms. The Kier molecular flexibility index (Phi) is 27.5. The molecule has 0 aromatic rings. The van der Waals surface area contributed by atoms with Crippen molar-refractivity contribution in [2.45, 2.75) is 65.2 Å². The molecule has 0 aromatic carbocycles. The van der Waals surface area contributed by atoms with Gasteiger partial charge < -0.3 is 25.9 Å². The van der Waals surface area contributed by atoms with Gasteiger partial charge in [-0.2, -0.15) is 4.99 Å². The van der Waals surface area contributed by atoms with E-state index in [0.717, 1.165) is 57.0 Å². The molecule has 0 unspecified atom stereocenters. The van der Waals surface area contributed by atoms with Crippen LogP contribution in [0.2, 0.25) is 0 Å². The molecule has 9 nitrogen and oxygen atoms in total. The zero-order valence-electron chi connectivity index (χ0n) is 23.5. The van der Waals surface area contributed by atoms with Gasteiger partial charge in [0.15, 0.2) is 5.96 Å². The summed E-state index contributed by atoms with van der Waals surface area (Å²) in [5.41, 5.74) is 9.98. The standard InChI is InChI=1S/C24H37NO3S.C4H11N5/c1-3-4-5-6-7-8-9-10-11-12-13-14-15-16-17-18-19-20-24(27)28-29-22-21-25-23(2)26;1-9(2)4(7)8-3(5)6/h4-5,7-8,10-11,13-14,16-17H,3,6,9,12,15,18-22H2,1-2H3,(H,25,26);1-2H3,(H5,5,6,7,8)/b5-4-,8-7-,11-10-,14-13-,17-16-;. The molecule has 0 spiro atoms. The number of carbonyl (C=O) groups excluding carboxylic acids is 2. The highest BCUT2D eigenvalue weighted by molar-refractivity contribution is 7.95. The molecule has 0 atom stereocenters. The van der Waals surface area contributed by atoms with Gasteiger partial charge in [0, 0.05) is 39.7 Å². The molecule has 214 valence electrons. The molecule has 0 aliphatic rings. The van der Waals surface area contributed by atoms with Crippen molar-refractivity contribution in [2.24, 2.45) is 16.5 Å². The van der Waals surface area contributed by atoms with E-state index in [4.69, 9.17) is 21.1 Å². The lowest BCUT2D eigenvalue weighted by Crippen LogP contribution is -2.28. The number of nitrogens with two attached hydrogens (primary N) is 2. The lowest BCUT2D eigenvalue weighted by molar-refractivity contribution is -0.133. The van der Waals surface area contributed by atoms with Crippen molar-refractivity contribution >= 4 is 35.8 Å². The summed E-state index contributed by atoms with van der Waals surface area (Å²) in [7, 11) is 3.38. The fraction of sp³-hybridized carbons (Fsp3) is 0.500. The average Bonchev–Trinajstić information content (AvgIpc) is 2.85. The number of carbonyl (C=O) groups is 2. The van der Waals surface area contributed by atoms with Gasteiger partial charge in [-0.15, -0.1) is 0 Å². The van der Waals surface area contributed by atoms with Gasteiger partial charge in [-0.1, -0.05) is 67.7 Å². The lowest BCUT2D eigenvalue weighted by Gasteiger charge is -2.07. The van der Waals surface area contributed by atoms with Crippen LogP contribution in [0.25, 0.3) is 0 Å². The van der Waals surface area contributed by atoms with Gasteiger partial charge in [-0.3, -0.25) is 15.0 Å². The minimum absolute atomic E-state index is 0.0509. The van der Waals surface area contributed by atoms with Crippen molar-refractivity contribution in [3.8, 4) is 0 Å². The van der Waals surface area contributed by atoms with Crippen LogP contribution in [0.15, 0.2) is 65.8 Å². The number of nitrogens with one attached hydrogen (secondary N) is 2. The fourth-order valence-electron chi connectivity index (χ4n) is 2.37. The maximum Gasteiger partial charge on any atom is 0.317 e. The van der Waals surface area contributed by atoms with Crippen LogP contribution in [-0.4, -0.2) is 55.1 Å². The summed E-state index contributed by atoms with van der Waals surface area (Å²) in [5, 5.41) is 9.70. The molecular formula is C28H48N6O3S. The zero-order chi connectivity index (χ0) is 28.9. The second-order valence-electron chi connectivity index (χ2n) is 8.12. The predicted molar refractivity (Wildman–Crippen MR) is 163 cm³/mol. The largest absolute Gasteiger partial charge is 0.391 e. The van der Waals surface area contributed by atoms with Crippen molar-refractivity contribution in [3.63, 3.8) is 0 Å². The molecule has 0 aliphatic carbocycles. The van der Waals surface area contributed by atoms with Crippen LogP contribution in [0.5, 0.6) is 0 Å². The molecule has 38 heavy (non-hydrogen) atoms. The maximum absolute atomic E-state index is 11.5. The number of hydrogen-bond acceptors (Lipinski definition) is 5.